The number of carbonyl (C=O) groups is 1. The minimum atomic E-state index is -6.34. The molecule has 3 nitrogen and oxygen atoms in total. The molecule has 0 saturated carbocycles. The maximum absolute atomic E-state index is 13.0. The van der Waals surface area contributed by atoms with Gasteiger partial charge in [0.25, 0.3) is 0 Å². The molecule has 0 aromatic rings. The lowest BCUT2D eigenvalue weighted by atomic mass is 10.1. The molecule has 0 aliphatic rings. The van der Waals surface area contributed by atoms with Gasteiger partial charge in [-0.15, -0.1) is 11.6 Å². The van der Waals surface area contributed by atoms with Crippen molar-refractivity contribution in [3.63, 3.8) is 0 Å². The summed E-state index contributed by atoms with van der Waals surface area (Å²) in [6.45, 7) is -2.27. The van der Waals surface area contributed by atoms with Crippen molar-refractivity contribution in [3.05, 3.63) is 0 Å². The van der Waals surface area contributed by atoms with Crippen LogP contribution in [0.15, 0.2) is 0 Å². The van der Waals surface area contributed by atoms with Crippen molar-refractivity contribution >= 4 is 17.6 Å². The molecule has 0 amide bonds. The zero-order chi connectivity index (χ0) is 17.8. The Balaban J connectivity index is 4.79. The third kappa shape index (κ3) is 4.83. The Morgan fingerprint density at radius 1 is 1.14 bits per heavy atom. The average Bonchev–Trinajstić information content (AvgIpc) is 2.36. The number of alkyl halides is 9. The number of esters is 1. The van der Waals surface area contributed by atoms with Gasteiger partial charge in [0.1, 0.15) is 12.7 Å². The second-order valence-electron chi connectivity index (χ2n) is 4.10. The van der Waals surface area contributed by atoms with Crippen LogP contribution in [0.5, 0.6) is 0 Å². The maximum Gasteiger partial charge on any atom is 0.380 e. The van der Waals surface area contributed by atoms with Gasteiger partial charge in [-0.3, -0.25) is 4.79 Å². The first-order valence-electron chi connectivity index (χ1n) is 5.52. The van der Waals surface area contributed by atoms with E-state index in [0.29, 0.717) is 0 Å². The van der Waals surface area contributed by atoms with Crippen LogP contribution in [-0.4, -0.2) is 55.4 Å². The number of hydrogen-bond donors (Lipinski definition) is 0. The molecular weight excluding hydrogens is 356 g/mol. The van der Waals surface area contributed by atoms with Crippen LogP contribution < -0.4 is 0 Å². The van der Waals surface area contributed by atoms with Crippen molar-refractivity contribution in [2.45, 2.75) is 37.2 Å². The molecule has 0 radical (unpaired) electrons. The number of ether oxygens (including phenoxy) is 2. The fourth-order valence-corrected chi connectivity index (χ4v) is 1.29. The summed E-state index contributed by atoms with van der Waals surface area (Å²) in [5.41, 5.74) is 0. The molecule has 0 fully saturated rings. The highest BCUT2D eigenvalue weighted by atomic mass is 35.5. The third-order valence-corrected chi connectivity index (χ3v) is 2.59. The van der Waals surface area contributed by atoms with E-state index in [9.17, 15) is 39.9 Å². The zero-order valence-corrected chi connectivity index (χ0v) is 11.7. The van der Waals surface area contributed by atoms with Crippen molar-refractivity contribution in [3.8, 4) is 0 Å². The van der Waals surface area contributed by atoms with E-state index in [1.54, 1.807) is 0 Å². The van der Waals surface area contributed by atoms with Gasteiger partial charge in [-0.05, 0) is 0 Å². The van der Waals surface area contributed by atoms with Crippen molar-refractivity contribution < 1.29 is 49.4 Å². The Labute approximate surface area is 124 Å². The summed E-state index contributed by atoms with van der Waals surface area (Å²) in [5, 5.41) is 0. The second kappa shape index (κ2) is 7.62. The van der Waals surface area contributed by atoms with Gasteiger partial charge in [-0.25, -0.2) is 8.78 Å². The van der Waals surface area contributed by atoms with E-state index < -0.39 is 55.4 Å². The molecule has 132 valence electrons. The van der Waals surface area contributed by atoms with Crippen LogP contribution in [0, 0.1) is 0 Å². The van der Waals surface area contributed by atoms with E-state index in [1.807, 2.05) is 0 Å². The zero-order valence-electron chi connectivity index (χ0n) is 10.9. The highest BCUT2D eigenvalue weighted by molar-refractivity contribution is 6.18. The second-order valence-corrected chi connectivity index (χ2v) is 4.41. The lowest BCUT2D eigenvalue weighted by Crippen LogP contribution is -2.59. The standard InChI is InChI=1S/C10H11ClF8O3/c1-5(20)22-6(2-11)3-21-4-8(14,15)10(18,19)9(16,17)7(12)13/h6-7H,2-4H2,1H3. The Hall–Kier alpha value is -0.840. The minimum Gasteiger partial charge on any atom is -0.459 e. The van der Waals surface area contributed by atoms with Crippen LogP contribution in [0.25, 0.3) is 0 Å². The van der Waals surface area contributed by atoms with Crippen LogP contribution in [0.2, 0.25) is 0 Å². The average molecular weight is 367 g/mol. The number of rotatable bonds is 9. The molecule has 0 bridgehead atoms. The van der Waals surface area contributed by atoms with Gasteiger partial charge in [-0.2, -0.15) is 26.3 Å². The lowest BCUT2D eigenvalue weighted by Gasteiger charge is -2.32. The Kier molecular flexibility index (Phi) is 7.33. The molecule has 0 aliphatic heterocycles. The van der Waals surface area contributed by atoms with Gasteiger partial charge < -0.3 is 9.47 Å². The van der Waals surface area contributed by atoms with Crippen molar-refractivity contribution in [2.75, 3.05) is 19.1 Å². The molecule has 0 aliphatic carbocycles. The molecule has 0 spiro atoms. The smallest absolute Gasteiger partial charge is 0.380 e. The van der Waals surface area contributed by atoms with Gasteiger partial charge in [0.2, 0.25) is 0 Å². The van der Waals surface area contributed by atoms with Crippen LogP contribution in [0.4, 0.5) is 35.1 Å². The van der Waals surface area contributed by atoms with E-state index >= 15 is 0 Å². The quantitative estimate of drug-likeness (QED) is 0.357. The summed E-state index contributed by atoms with van der Waals surface area (Å²) in [5.74, 6) is -19.5. The van der Waals surface area contributed by atoms with Gasteiger partial charge in [0.05, 0.1) is 12.5 Å². The van der Waals surface area contributed by atoms with E-state index in [-0.39, 0.29) is 0 Å². The molecule has 12 heteroatoms. The molecule has 0 saturated heterocycles. The number of hydrogen-bond acceptors (Lipinski definition) is 3. The van der Waals surface area contributed by atoms with E-state index in [4.69, 9.17) is 11.6 Å². The normalized spacial score (nSPS) is 15.0. The minimum absolute atomic E-state index is 0.450. The molecular formula is C10H11ClF8O3. The third-order valence-electron chi connectivity index (χ3n) is 2.24. The van der Waals surface area contributed by atoms with Gasteiger partial charge >= 0.3 is 30.2 Å². The molecule has 0 aromatic heterocycles. The summed E-state index contributed by atoms with van der Waals surface area (Å²) in [6, 6.07) is 0. The first-order valence-corrected chi connectivity index (χ1v) is 6.05. The van der Waals surface area contributed by atoms with Crippen LogP contribution in [0.1, 0.15) is 6.92 Å². The first kappa shape index (κ1) is 21.2. The number of carbonyl (C=O) groups excluding carboxylic acids is 1. The molecule has 22 heavy (non-hydrogen) atoms. The highest BCUT2D eigenvalue weighted by Crippen LogP contribution is 2.48. The van der Waals surface area contributed by atoms with Crippen molar-refractivity contribution in [2.24, 2.45) is 0 Å². The Bertz CT molecular complexity index is 377. The monoisotopic (exact) mass is 366 g/mol. The molecule has 0 N–H and O–H groups in total. The Morgan fingerprint density at radius 2 is 1.64 bits per heavy atom. The van der Waals surface area contributed by atoms with Gasteiger partial charge in [-0.1, -0.05) is 0 Å². The van der Waals surface area contributed by atoms with Crippen LogP contribution >= 0.6 is 11.6 Å². The summed E-state index contributed by atoms with van der Waals surface area (Å²) in [4.78, 5) is 10.6. The summed E-state index contributed by atoms with van der Waals surface area (Å²) in [7, 11) is 0. The SMILES string of the molecule is CC(=O)OC(CCl)COCC(F)(F)C(F)(F)C(F)(F)C(F)F. The Morgan fingerprint density at radius 3 is 2.00 bits per heavy atom. The van der Waals surface area contributed by atoms with Gasteiger partial charge in [0.15, 0.2) is 0 Å². The molecule has 0 aromatic carbocycles. The lowest BCUT2D eigenvalue weighted by molar-refractivity contribution is -0.346. The first-order chi connectivity index (χ1) is 9.79. The topological polar surface area (TPSA) is 35.5 Å². The van der Waals surface area contributed by atoms with E-state index in [0.717, 1.165) is 6.92 Å². The summed E-state index contributed by atoms with van der Waals surface area (Å²) >= 11 is 5.25. The van der Waals surface area contributed by atoms with E-state index in [2.05, 4.69) is 9.47 Å². The predicted octanol–water partition coefficient (Wildman–Crippen LogP) is 3.34. The maximum atomic E-state index is 13.0. The summed E-state index contributed by atoms with van der Waals surface area (Å²) < 4.78 is 109. The van der Waals surface area contributed by atoms with E-state index in [1.165, 1.54) is 0 Å². The fourth-order valence-electron chi connectivity index (χ4n) is 1.13. The molecule has 1 atom stereocenters. The highest BCUT2D eigenvalue weighted by Gasteiger charge is 2.75. The summed E-state index contributed by atoms with van der Waals surface area (Å²) in [6.07, 6.45) is -6.29. The van der Waals surface area contributed by atoms with Crippen LogP contribution in [-0.2, 0) is 14.3 Å². The largest absolute Gasteiger partial charge is 0.459 e. The van der Waals surface area contributed by atoms with Crippen LogP contribution in [0.3, 0.4) is 0 Å². The molecule has 0 rings (SSSR count). The number of halogens is 9. The molecule has 0 heterocycles. The van der Waals surface area contributed by atoms with Gasteiger partial charge in [0, 0.05) is 6.92 Å². The predicted molar refractivity (Wildman–Crippen MR) is 57.9 cm³/mol. The van der Waals surface area contributed by atoms with Crippen molar-refractivity contribution in [1.29, 1.82) is 0 Å². The van der Waals surface area contributed by atoms with Crippen molar-refractivity contribution in [1.82, 2.24) is 0 Å². The fraction of sp³-hybridized carbons (Fsp3) is 0.900. The molecule has 1 unspecified atom stereocenters.